The van der Waals surface area contributed by atoms with Crippen LogP contribution in [0.4, 0.5) is 9.18 Å². The van der Waals surface area contributed by atoms with Crippen LogP contribution in [0.2, 0.25) is 0 Å². The molecule has 2 atom stereocenters. The molecule has 3 amide bonds. The Balaban J connectivity index is 0.00000272. The second kappa shape index (κ2) is 11.0. The number of amides is 3. The smallest absolute Gasteiger partial charge is 1.00 e. The predicted molar refractivity (Wildman–Crippen MR) is 110 cm³/mol. The van der Waals surface area contributed by atoms with Crippen molar-refractivity contribution in [2.75, 3.05) is 7.05 Å². The molecule has 32 heavy (non-hydrogen) atoms. The predicted octanol–water partition coefficient (Wildman–Crippen LogP) is -0.652. The molecule has 2 aromatic rings. The van der Waals surface area contributed by atoms with Crippen molar-refractivity contribution in [1.82, 2.24) is 15.5 Å². The molecule has 0 aromatic heterocycles. The van der Waals surface area contributed by atoms with Crippen molar-refractivity contribution < 1.29 is 59.7 Å². The zero-order chi connectivity index (χ0) is 22.5. The Hall–Kier alpha value is -3.01. The first-order chi connectivity index (χ1) is 14.8. The van der Waals surface area contributed by atoms with Gasteiger partial charge >= 0.3 is 41.6 Å². The topological polar surface area (TPSA) is 116 Å². The zero-order valence-corrected chi connectivity index (χ0v) is 19.5. The molecule has 2 aromatic carbocycles. The number of aliphatic carboxylic acids is 1. The van der Waals surface area contributed by atoms with Crippen LogP contribution >= 0.6 is 0 Å². The van der Waals surface area contributed by atoms with Crippen LogP contribution in [0.3, 0.4) is 0 Å². The van der Waals surface area contributed by atoms with Gasteiger partial charge in [-0.05, 0) is 23.3 Å². The van der Waals surface area contributed by atoms with Crippen LogP contribution < -0.4 is 40.2 Å². The molecule has 0 radical (unpaired) electrons. The van der Waals surface area contributed by atoms with E-state index in [1.165, 1.54) is 25.4 Å². The van der Waals surface area contributed by atoms with Crippen molar-refractivity contribution in [1.29, 1.82) is 0 Å². The van der Waals surface area contributed by atoms with E-state index >= 15 is 0 Å². The fourth-order valence-electron chi connectivity index (χ4n) is 3.18. The standard InChI is InChI=1S/C22H20FN3O5.Na.H/c1-26-10-9-18(27)20(21(26)30)25-22(31)24-17(12-19(28)29)15-11-14(7-8-16(15)23)13-5-3-2-4-6-13;;/h2-11,17,20H,12H2,1H3,(H,28,29)(H2,24,25,31);;/q;+1;-1. The minimum absolute atomic E-state index is 0. The van der Waals surface area contributed by atoms with Gasteiger partial charge in [0.1, 0.15) is 5.82 Å². The van der Waals surface area contributed by atoms with Crippen molar-refractivity contribution in [2.45, 2.75) is 18.5 Å². The second-order valence-electron chi connectivity index (χ2n) is 6.97. The van der Waals surface area contributed by atoms with E-state index in [0.29, 0.717) is 5.56 Å². The monoisotopic (exact) mass is 449 g/mol. The van der Waals surface area contributed by atoms with Gasteiger partial charge in [-0.25, -0.2) is 9.18 Å². The van der Waals surface area contributed by atoms with Crippen LogP contribution in [0.5, 0.6) is 0 Å². The number of hydrogen-bond donors (Lipinski definition) is 3. The minimum atomic E-state index is -1.44. The van der Waals surface area contributed by atoms with E-state index in [2.05, 4.69) is 10.6 Å². The number of likely N-dealkylation sites (N-methyl/N-ethyl adjacent to an activating group) is 1. The van der Waals surface area contributed by atoms with Crippen molar-refractivity contribution >= 4 is 23.7 Å². The maximum Gasteiger partial charge on any atom is 1.00 e. The zero-order valence-electron chi connectivity index (χ0n) is 18.5. The molecule has 8 nitrogen and oxygen atoms in total. The van der Waals surface area contributed by atoms with Crippen LogP contribution in [-0.2, 0) is 14.4 Å². The molecule has 0 fully saturated rings. The number of halogens is 1. The Morgan fingerprint density at radius 1 is 1.16 bits per heavy atom. The van der Waals surface area contributed by atoms with Crippen LogP contribution in [0.15, 0.2) is 60.8 Å². The van der Waals surface area contributed by atoms with Gasteiger partial charge in [0.2, 0.25) is 0 Å². The summed E-state index contributed by atoms with van der Waals surface area (Å²) in [7, 11) is 1.43. The summed E-state index contributed by atoms with van der Waals surface area (Å²) < 4.78 is 14.6. The van der Waals surface area contributed by atoms with Gasteiger partial charge in [0, 0.05) is 24.9 Å². The van der Waals surface area contributed by atoms with Gasteiger partial charge in [0.25, 0.3) is 5.91 Å². The van der Waals surface area contributed by atoms with Crippen molar-refractivity contribution in [3.63, 3.8) is 0 Å². The first-order valence-corrected chi connectivity index (χ1v) is 9.38. The molecule has 162 valence electrons. The Labute approximate surface area is 207 Å². The molecule has 1 aliphatic heterocycles. The summed E-state index contributed by atoms with van der Waals surface area (Å²) >= 11 is 0. The summed E-state index contributed by atoms with van der Waals surface area (Å²) in [6, 6.07) is 9.63. The number of rotatable bonds is 6. The van der Waals surface area contributed by atoms with Gasteiger partial charge in [0.15, 0.2) is 11.8 Å². The summed E-state index contributed by atoms with van der Waals surface area (Å²) in [5.74, 6) is -3.22. The van der Waals surface area contributed by atoms with E-state index in [0.717, 1.165) is 16.5 Å². The Morgan fingerprint density at radius 3 is 2.50 bits per heavy atom. The molecule has 0 saturated heterocycles. The number of carbonyl (C=O) groups excluding carboxylic acids is 3. The van der Waals surface area contributed by atoms with Crippen LogP contribution in [0.1, 0.15) is 19.5 Å². The molecule has 0 saturated carbocycles. The van der Waals surface area contributed by atoms with Crippen LogP contribution in [0, 0.1) is 5.82 Å². The summed E-state index contributed by atoms with van der Waals surface area (Å²) in [4.78, 5) is 49.0. The van der Waals surface area contributed by atoms with E-state index in [4.69, 9.17) is 0 Å². The molecule has 0 spiro atoms. The summed E-state index contributed by atoms with van der Waals surface area (Å²) in [6.07, 6.45) is 1.82. The quantitative estimate of drug-likeness (QED) is 0.400. The average Bonchev–Trinajstić information content (AvgIpc) is 2.74. The third-order valence-electron chi connectivity index (χ3n) is 4.78. The SMILES string of the molecule is CN1C=CC(=O)C(NC(=O)NC(CC(=O)O)c2cc(-c3ccccc3)ccc2F)C1=O.[H-].[Na+]. The molecular formula is C22H21FN3NaO5. The molecule has 10 heteroatoms. The Kier molecular flexibility index (Phi) is 8.71. The third-order valence-corrected chi connectivity index (χ3v) is 4.78. The van der Waals surface area contributed by atoms with E-state index in [1.54, 1.807) is 6.07 Å². The molecular weight excluding hydrogens is 428 g/mol. The number of carbonyl (C=O) groups is 4. The first-order valence-electron chi connectivity index (χ1n) is 9.38. The van der Waals surface area contributed by atoms with E-state index < -0.39 is 48.0 Å². The Morgan fingerprint density at radius 2 is 1.84 bits per heavy atom. The number of urea groups is 1. The van der Waals surface area contributed by atoms with Crippen LogP contribution in [0.25, 0.3) is 11.1 Å². The molecule has 2 unspecified atom stereocenters. The number of nitrogens with zero attached hydrogens (tertiary/aromatic N) is 1. The molecule has 1 heterocycles. The summed E-state index contributed by atoms with van der Waals surface area (Å²) in [6.45, 7) is 0. The first kappa shape index (κ1) is 25.3. The van der Waals surface area contributed by atoms with Crippen molar-refractivity contribution in [3.8, 4) is 11.1 Å². The van der Waals surface area contributed by atoms with E-state index in [9.17, 15) is 28.7 Å². The van der Waals surface area contributed by atoms with Crippen molar-refractivity contribution in [2.24, 2.45) is 0 Å². The minimum Gasteiger partial charge on any atom is -1.00 e. The van der Waals surface area contributed by atoms with Gasteiger partial charge in [-0.15, -0.1) is 0 Å². The Bertz CT molecular complexity index is 1070. The second-order valence-corrected chi connectivity index (χ2v) is 6.97. The number of benzene rings is 2. The summed E-state index contributed by atoms with van der Waals surface area (Å²) in [5.41, 5.74) is 1.40. The van der Waals surface area contributed by atoms with E-state index in [1.807, 2.05) is 30.3 Å². The van der Waals surface area contributed by atoms with Gasteiger partial charge in [-0.2, -0.15) is 0 Å². The number of hydrogen-bond acceptors (Lipinski definition) is 4. The molecule has 3 rings (SSSR count). The fraction of sp³-hybridized carbons (Fsp3) is 0.182. The molecule has 0 aliphatic carbocycles. The number of ketones is 1. The number of carboxylic acids is 1. The van der Waals surface area contributed by atoms with Gasteiger partial charge < -0.3 is 22.1 Å². The maximum absolute atomic E-state index is 14.6. The number of nitrogens with one attached hydrogen (secondary N) is 2. The largest absolute Gasteiger partial charge is 1.00 e. The molecule has 1 aliphatic rings. The summed E-state index contributed by atoms with van der Waals surface area (Å²) in [5, 5.41) is 13.9. The maximum atomic E-state index is 14.6. The van der Waals surface area contributed by atoms with Crippen molar-refractivity contribution in [3.05, 3.63) is 72.2 Å². The molecule has 3 N–H and O–H groups in total. The molecule has 0 bridgehead atoms. The van der Waals surface area contributed by atoms with Gasteiger partial charge in [0.05, 0.1) is 12.5 Å². The normalized spacial score (nSPS) is 16.2. The van der Waals surface area contributed by atoms with Gasteiger partial charge in [-0.3, -0.25) is 14.4 Å². The van der Waals surface area contributed by atoms with Gasteiger partial charge in [-0.1, -0.05) is 36.4 Å². The van der Waals surface area contributed by atoms with E-state index in [-0.39, 0.29) is 36.5 Å². The third kappa shape index (κ3) is 6.03. The average molecular weight is 449 g/mol. The number of carboxylic acid groups (broad SMARTS) is 1. The fourth-order valence-corrected chi connectivity index (χ4v) is 3.18. The van der Waals surface area contributed by atoms with Crippen LogP contribution in [-0.4, -0.2) is 46.8 Å².